The van der Waals surface area contributed by atoms with Crippen molar-refractivity contribution >= 4 is 17.5 Å². The Morgan fingerprint density at radius 3 is 2.23 bits per heavy atom. The maximum Gasteiger partial charge on any atom is 0.416 e. The molecule has 2 aromatic carbocycles. The van der Waals surface area contributed by atoms with Gasteiger partial charge in [0.2, 0.25) is 5.91 Å². The van der Waals surface area contributed by atoms with Gasteiger partial charge in [0.1, 0.15) is 17.6 Å². The Hall–Kier alpha value is -3.75. The number of alkyl halides is 3. The molecule has 0 bridgehead atoms. The fourth-order valence-corrected chi connectivity index (χ4v) is 4.94. The number of aryl methyl sites for hydroxylation is 1. The first-order chi connectivity index (χ1) is 18.8. The van der Waals surface area contributed by atoms with E-state index >= 15 is 0 Å². The average Bonchev–Trinajstić information content (AvgIpc) is 3.56. The molecule has 1 saturated carbocycles. The Morgan fingerprint density at radius 1 is 1.02 bits per heavy atom. The van der Waals surface area contributed by atoms with E-state index in [0.717, 1.165) is 42.7 Å². The van der Waals surface area contributed by atoms with Gasteiger partial charge < -0.3 is 14.5 Å². The average molecular weight is 557 g/mol. The van der Waals surface area contributed by atoms with Gasteiger partial charge in [-0.1, -0.05) is 51.8 Å². The van der Waals surface area contributed by atoms with Crippen molar-refractivity contribution in [1.82, 2.24) is 5.32 Å². The fraction of sp³-hybridized carbons (Fsp3) is 0.419. The summed E-state index contributed by atoms with van der Waals surface area (Å²) >= 11 is 0. The number of carbonyl (C=O) groups is 2. The van der Waals surface area contributed by atoms with Crippen molar-refractivity contribution in [3.63, 3.8) is 0 Å². The lowest BCUT2D eigenvalue weighted by molar-refractivity contribution is -0.137. The van der Waals surface area contributed by atoms with Crippen LogP contribution in [0.25, 0.3) is 0 Å². The van der Waals surface area contributed by atoms with Gasteiger partial charge in [0, 0.05) is 22.7 Å². The molecule has 1 aliphatic rings. The molecule has 0 unspecified atom stereocenters. The molecule has 1 heterocycles. The molecule has 1 aliphatic carbocycles. The van der Waals surface area contributed by atoms with Crippen molar-refractivity contribution in [3.8, 4) is 5.75 Å². The van der Waals surface area contributed by atoms with Gasteiger partial charge in [-0.15, -0.1) is 0 Å². The molecule has 0 saturated heterocycles. The zero-order valence-electron chi connectivity index (χ0n) is 23.4. The van der Waals surface area contributed by atoms with E-state index in [0.29, 0.717) is 22.6 Å². The van der Waals surface area contributed by atoms with Crippen LogP contribution in [0.4, 0.5) is 18.9 Å². The van der Waals surface area contributed by atoms with Gasteiger partial charge in [-0.05, 0) is 61.7 Å². The third-order valence-electron chi connectivity index (χ3n) is 7.16. The predicted octanol–water partition coefficient (Wildman–Crippen LogP) is 7.36. The minimum absolute atomic E-state index is 0.0329. The number of amides is 2. The van der Waals surface area contributed by atoms with E-state index < -0.39 is 35.0 Å². The number of furan rings is 1. The smallest absolute Gasteiger partial charge is 0.416 e. The second kappa shape index (κ2) is 11.4. The second-order valence-corrected chi connectivity index (χ2v) is 11.3. The van der Waals surface area contributed by atoms with Gasteiger partial charge in [0.05, 0.1) is 12.7 Å². The Balaban J connectivity index is 1.90. The van der Waals surface area contributed by atoms with E-state index in [9.17, 15) is 22.8 Å². The molecule has 0 spiro atoms. The van der Waals surface area contributed by atoms with Crippen LogP contribution < -0.4 is 15.0 Å². The molecule has 1 N–H and O–H groups in total. The van der Waals surface area contributed by atoms with Crippen LogP contribution in [-0.4, -0.2) is 25.0 Å². The molecule has 3 aromatic rings. The van der Waals surface area contributed by atoms with Crippen LogP contribution in [0, 0.1) is 6.92 Å². The third kappa shape index (κ3) is 6.35. The molecule has 4 rings (SSSR count). The van der Waals surface area contributed by atoms with Gasteiger partial charge in [0.15, 0.2) is 5.76 Å². The molecule has 1 aromatic heterocycles. The van der Waals surface area contributed by atoms with E-state index in [1.165, 1.54) is 19.2 Å². The number of carbonyl (C=O) groups excluding carboxylic acids is 2. The summed E-state index contributed by atoms with van der Waals surface area (Å²) in [5.74, 6) is -0.145. The Labute approximate surface area is 232 Å². The van der Waals surface area contributed by atoms with Crippen molar-refractivity contribution in [2.45, 2.75) is 77.1 Å². The Morgan fingerprint density at radius 2 is 1.68 bits per heavy atom. The van der Waals surface area contributed by atoms with Crippen LogP contribution in [0.3, 0.4) is 0 Å². The van der Waals surface area contributed by atoms with E-state index in [4.69, 9.17) is 9.15 Å². The third-order valence-corrected chi connectivity index (χ3v) is 7.16. The first kappa shape index (κ1) is 29.2. The SMILES string of the molecule is COc1ccc([C@@H](C(=O)NC2CCCC2)N(C(=O)c2oc(C(C)(C)C)cc2C)c2cccc(C(F)(F)F)c2)cc1. The highest BCUT2D eigenvalue weighted by Gasteiger charge is 2.39. The fourth-order valence-electron chi connectivity index (χ4n) is 4.94. The van der Waals surface area contributed by atoms with Crippen molar-refractivity contribution < 1.29 is 31.9 Å². The lowest BCUT2D eigenvalue weighted by Gasteiger charge is -2.32. The monoisotopic (exact) mass is 556 g/mol. The van der Waals surface area contributed by atoms with Crippen molar-refractivity contribution in [2.24, 2.45) is 0 Å². The summed E-state index contributed by atoms with van der Waals surface area (Å²) in [6.45, 7) is 7.50. The number of nitrogens with one attached hydrogen (secondary N) is 1. The van der Waals surface area contributed by atoms with Crippen LogP contribution in [0.5, 0.6) is 5.75 Å². The predicted molar refractivity (Wildman–Crippen MR) is 147 cm³/mol. The summed E-state index contributed by atoms with van der Waals surface area (Å²) in [5.41, 5.74) is -0.479. The minimum Gasteiger partial charge on any atom is -0.497 e. The molecule has 0 aliphatic heterocycles. The number of hydrogen-bond acceptors (Lipinski definition) is 4. The van der Waals surface area contributed by atoms with E-state index in [1.54, 1.807) is 37.3 Å². The number of benzene rings is 2. The van der Waals surface area contributed by atoms with Gasteiger partial charge in [-0.2, -0.15) is 13.2 Å². The lowest BCUT2D eigenvalue weighted by atomic mass is 9.93. The number of ether oxygens (including phenoxy) is 1. The first-order valence-corrected chi connectivity index (χ1v) is 13.4. The highest BCUT2D eigenvalue weighted by molar-refractivity contribution is 6.09. The van der Waals surface area contributed by atoms with Crippen LogP contribution in [0.15, 0.2) is 59.0 Å². The van der Waals surface area contributed by atoms with Crippen LogP contribution in [0.1, 0.15) is 85.5 Å². The zero-order chi connectivity index (χ0) is 29.2. The highest BCUT2D eigenvalue weighted by atomic mass is 19.4. The van der Waals surface area contributed by atoms with Gasteiger partial charge in [0.25, 0.3) is 5.91 Å². The van der Waals surface area contributed by atoms with E-state index in [-0.39, 0.29) is 17.5 Å². The number of hydrogen-bond donors (Lipinski definition) is 1. The summed E-state index contributed by atoms with van der Waals surface area (Å²) in [7, 11) is 1.50. The second-order valence-electron chi connectivity index (χ2n) is 11.3. The van der Waals surface area contributed by atoms with Crippen molar-refractivity contribution in [1.29, 1.82) is 0 Å². The molecule has 2 amide bonds. The number of anilines is 1. The van der Waals surface area contributed by atoms with Crippen LogP contribution in [0.2, 0.25) is 0 Å². The summed E-state index contributed by atoms with van der Waals surface area (Å²) in [6.07, 6.45) is -1.12. The molecule has 214 valence electrons. The molecule has 1 atom stereocenters. The molecular formula is C31H35F3N2O4. The lowest BCUT2D eigenvalue weighted by Crippen LogP contribution is -2.46. The summed E-state index contributed by atoms with van der Waals surface area (Å²) in [4.78, 5) is 29.4. The van der Waals surface area contributed by atoms with Crippen molar-refractivity contribution in [2.75, 3.05) is 12.0 Å². The largest absolute Gasteiger partial charge is 0.497 e. The molecular weight excluding hydrogens is 521 g/mol. The molecule has 6 nitrogen and oxygen atoms in total. The molecule has 9 heteroatoms. The standard InChI is InChI=1S/C31H35F3N2O4/c1-19-17-25(30(2,3)4)40-27(19)29(38)36(23-12-8-9-21(18-23)31(32,33)34)26(20-13-15-24(39-5)16-14-20)28(37)35-22-10-6-7-11-22/h8-9,12-18,22,26H,6-7,10-11H2,1-5H3,(H,35,37)/t26-/m0/s1. The normalized spacial score (nSPS) is 15.1. The quantitative estimate of drug-likeness (QED) is 0.330. The molecule has 1 fully saturated rings. The molecule has 40 heavy (non-hydrogen) atoms. The maximum absolute atomic E-state index is 14.3. The number of rotatable bonds is 7. The van der Waals surface area contributed by atoms with Gasteiger partial charge in [-0.25, -0.2) is 0 Å². The summed E-state index contributed by atoms with van der Waals surface area (Å²) in [6, 6.07) is 11.4. The zero-order valence-corrected chi connectivity index (χ0v) is 23.4. The Kier molecular flexibility index (Phi) is 8.33. The number of methoxy groups -OCH3 is 1. The Bertz CT molecular complexity index is 1350. The highest BCUT2D eigenvalue weighted by Crippen LogP contribution is 2.37. The summed E-state index contributed by atoms with van der Waals surface area (Å²) < 4.78 is 52.6. The maximum atomic E-state index is 14.3. The van der Waals surface area contributed by atoms with Gasteiger partial charge in [-0.3, -0.25) is 14.5 Å². The van der Waals surface area contributed by atoms with Crippen LogP contribution in [-0.2, 0) is 16.4 Å². The van der Waals surface area contributed by atoms with Crippen molar-refractivity contribution in [3.05, 3.63) is 82.8 Å². The van der Waals surface area contributed by atoms with Crippen LogP contribution >= 0.6 is 0 Å². The summed E-state index contributed by atoms with van der Waals surface area (Å²) in [5, 5.41) is 3.03. The number of nitrogens with zero attached hydrogens (tertiary/aromatic N) is 1. The minimum atomic E-state index is -4.65. The van der Waals surface area contributed by atoms with E-state index in [1.807, 2.05) is 20.8 Å². The van der Waals surface area contributed by atoms with Gasteiger partial charge >= 0.3 is 6.18 Å². The first-order valence-electron chi connectivity index (χ1n) is 13.4. The topological polar surface area (TPSA) is 71.8 Å². The number of halogens is 3. The molecule has 0 radical (unpaired) electrons. The van der Waals surface area contributed by atoms with E-state index in [2.05, 4.69) is 5.32 Å².